The molecule has 0 heterocycles. The molecule has 18 heavy (non-hydrogen) atoms. The van der Waals surface area contributed by atoms with Crippen LogP contribution in [-0.4, -0.2) is 26.8 Å². The first-order valence-electron chi connectivity index (χ1n) is 6.67. The van der Waals surface area contributed by atoms with E-state index < -0.39 is 0 Å². The maximum absolute atomic E-state index is 5.31. The summed E-state index contributed by atoms with van der Waals surface area (Å²) in [6.07, 6.45) is 3.68. The van der Waals surface area contributed by atoms with Crippen LogP contribution in [0, 0.1) is 5.92 Å². The van der Waals surface area contributed by atoms with E-state index in [1.54, 1.807) is 14.2 Å². The summed E-state index contributed by atoms with van der Waals surface area (Å²) >= 11 is 0. The first kappa shape index (κ1) is 13.2. The van der Waals surface area contributed by atoms with E-state index in [9.17, 15) is 0 Å². The number of methoxy groups -OCH3 is 2. The van der Waals surface area contributed by atoms with Gasteiger partial charge in [-0.2, -0.15) is 0 Å². The number of ether oxygens (including phenoxy) is 2. The zero-order chi connectivity index (χ0) is 13.0. The van der Waals surface area contributed by atoms with Crippen LogP contribution in [0.4, 0.5) is 0 Å². The molecule has 0 unspecified atom stereocenters. The number of hydrogen-bond acceptors (Lipinski definition) is 3. The third-order valence-corrected chi connectivity index (χ3v) is 3.67. The van der Waals surface area contributed by atoms with Gasteiger partial charge in [0.05, 0.1) is 14.2 Å². The van der Waals surface area contributed by atoms with Crippen molar-refractivity contribution in [2.75, 3.05) is 20.8 Å². The van der Waals surface area contributed by atoms with Gasteiger partial charge in [-0.1, -0.05) is 13.0 Å². The van der Waals surface area contributed by atoms with Crippen molar-refractivity contribution in [1.29, 1.82) is 0 Å². The highest BCUT2D eigenvalue weighted by molar-refractivity contribution is 5.42. The van der Waals surface area contributed by atoms with Crippen molar-refractivity contribution in [2.45, 2.75) is 32.2 Å². The summed E-state index contributed by atoms with van der Waals surface area (Å²) in [6, 6.07) is 6.87. The van der Waals surface area contributed by atoms with Gasteiger partial charge in [0, 0.05) is 6.04 Å². The summed E-state index contributed by atoms with van der Waals surface area (Å²) in [7, 11) is 3.34. The minimum Gasteiger partial charge on any atom is -0.493 e. The molecule has 0 amide bonds. The number of hydrogen-bond donors (Lipinski definition) is 1. The fraction of sp³-hybridized carbons (Fsp3) is 0.600. The third-order valence-electron chi connectivity index (χ3n) is 3.67. The Morgan fingerprint density at radius 3 is 2.50 bits per heavy atom. The molecule has 1 aliphatic rings. The van der Waals surface area contributed by atoms with Crippen molar-refractivity contribution in [2.24, 2.45) is 5.92 Å². The molecule has 1 fully saturated rings. The maximum Gasteiger partial charge on any atom is 0.160 e. The highest BCUT2D eigenvalue weighted by atomic mass is 16.5. The minimum atomic E-state index is 0.736. The smallest absolute Gasteiger partial charge is 0.160 e. The van der Waals surface area contributed by atoms with Crippen LogP contribution < -0.4 is 14.8 Å². The molecule has 1 aromatic rings. The monoisotopic (exact) mass is 249 g/mol. The topological polar surface area (TPSA) is 30.5 Å². The van der Waals surface area contributed by atoms with Crippen molar-refractivity contribution >= 4 is 0 Å². The van der Waals surface area contributed by atoms with Crippen LogP contribution in [0.1, 0.15) is 25.3 Å². The first-order valence-corrected chi connectivity index (χ1v) is 6.67. The molecule has 0 aliphatic heterocycles. The van der Waals surface area contributed by atoms with Crippen molar-refractivity contribution in [3.8, 4) is 11.5 Å². The molecule has 3 nitrogen and oxygen atoms in total. The molecular weight excluding hydrogens is 226 g/mol. The van der Waals surface area contributed by atoms with E-state index in [1.165, 1.54) is 18.4 Å². The Morgan fingerprint density at radius 2 is 1.89 bits per heavy atom. The fourth-order valence-electron chi connectivity index (χ4n) is 2.53. The Kier molecular flexibility index (Phi) is 4.48. The SMILES string of the molecule is COc1ccc(CCNC2CC(C)C2)cc1OC. The van der Waals surface area contributed by atoms with Crippen LogP contribution in [0.3, 0.4) is 0 Å². The van der Waals surface area contributed by atoms with E-state index in [-0.39, 0.29) is 0 Å². The summed E-state index contributed by atoms with van der Waals surface area (Å²) < 4.78 is 10.5. The van der Waals surface area contributed by atoms with Gasteiger partial charge in [0.25, 0.3) is 0 Å². The quantitative estimate of drug-likeness (QED) is 0.840. The van der Waals surface area contributed by atoms with Crippen molar-refractivity contribution in [3.63, 3.8) is 0 Å². The molecular formula is C15H23NO2. The van der Waals surface area contributed by atoms with E-state index >= 15 is 0 Å². The Balaban J connectivity index is 1.81. The van der Waals surface area contributed by atoms with Gasteiger partial charge in [-0.25, -0.2) is 0 Å². The molecule has 0 saturated heterocycles. The van der Waals surface area contributed by atoms with Crippen LogP contribution in [0.5, 0.6) is 11.5 Å². The van der Waals surface area contributed by atoms with Gasteiger partial charge in [-0.05, 0) is 49.4 Å². The summed E-state index contributed by atoms with van der Waals surface area (Å²) in [4.78, 5) is 0. The highest BCUT2D eigenvalue weighted by Crippen LogP contribution is 2.28. The summed E-state index contributed by atoms with van der Waals surface area (Å²) in [5.41, 5.74) is 1.28. The van der Waals surface area contributed by atoms with Crippen LogP contribution in [0.15, 0.2) is 18.2 Å². The zero-order valence-corrected chi connectivity index (χ0v) is 11.5. The van der Waals surface area contributed by atoms with Crippen molar-refractivity contribution in [1.82, 2.24) is 5.32 Å². The largest absolute Gasteiger partial charge is 0.493 e. The molecule has 1 saturated carbocycles. The Hall–Kier alpha value is -1.22. The van der Waals surface area contributed by atoms with Crippen LogP contribution >= 0.6 is 0 Å². The van der Waals surface area contributed by atoms with Crippen LogP contribution in [0.25, 0.3) is 0 Å². The van der Waals surface area contributed by atoms with E-state index in [0.717, 1.165) is 36.4 Å². The predicted octanol–water partition coefficient (Wildman–Crippen LogP) is 2.63. The Labute approximate surface area is 109 Å². The molecule has 1 aliphatic carbocycles. The Morgan fingerprint density at radius 1 is 1.17 bits per heavy atom. The molecule has 0 aromatic heterocycles. The van der Waals surface area contributed by atoms with Crippen molar-refractivity contribution < 1.29 is 9.47 Å². The molecule has 1 aromatic carbocycles. The van der Waals surface area contributed by atoms with Gasteiger partial charge in [0.1, 0.15) is 0 Å². The second kappa shape index (κ2) is 6.10. The van der Waals surface area contributed by atoms with Crippen molar-refractivity contribution in [3.05, 3.63) is 23.8 Å². The summed E-state index contributed by atoms with van der Waals surface area (Å²) in [5, 5.41) is 3.59. The fourth-order valence-corrected chi connectivity index (χ4v) is 2.53. The van der Waals surface area contributed by atoms with Gasteiger partial charge < -0.3 is 14.8 Å². The molecule has 0 radical (unpaired) electrons. The van der Waals surface area contributed by atoms with E-state index in [0.29, 0.717) is 0 Å². The van der Waals surface area contributed by atoms with Gasteiger partial charge >= 0.3 is 0 Å². The average Bonchev–Trinajstić information content (AvgIpc) is 2.36. The van der Waals surface area contributed by atoms with Crippen LogP contribution in [-0.2, 0) is 6.42 Å². The Bertz CT molecular complexity index is 386. The number of rotatable bonds is 6. The molecule has 3 heteroatoms. The minimum absolute atomic E-state index is 0.736. The lowest BCUT2D eigenvalue weighted by atomic mass is 9.82. The van der Waals surface area contributed by atoms with E-state index in [4.69, 9.17) is 9.47 Å². The second-order valence-corrected chi connectivity index (χ2v) is 5.17. The molecule has 0 atom stereocenters. The second-order valence-electron chi connectivity index (χ2n) is 5.17. The molecule has 100 valence electrons. The lowest BCUT2D eigenvalue weighted by molar-refractivity contribution is 0.243. The zero-order valence-electron chi connectivity index (χ0n) is 11.5. The van der Waals surface area contributed by atoms with Gasteiger partial charge in [0.2, 0.25) is 0 Å². The number of nitrogens with one attached hydrogen (secondary N) is 1. The lowest BCUT2D eigenvalue weighted by Gasteiger charge is -2.33. The molecule has 1 N–H and O–H groups in total. The van der Waals surface area contributed by atoms with Crippen LogP contribution in [0.2, 0.25) is 0 Å². The van der Waals surface area contributed by atoms with Gasteiger partial charge in [0.15, 0.2) is 11.5 Å². The molecule has 2 rings (SSSR count). The highest BCUT2D eigenvalue weighted by Gasteiger charge is 2.24. The van der Waals surface area contributed by atoms with Gasteiger partial charge in [-0.3, -0.25) is 0 Å². The van der Waals surface area contributed by atoms with E-state index in [1.807, 2.05) is 6.07 Å². The average molecular weight is 249 g/mol. The predicted molar refractivity (Wildman–Crippen MR) is 73.4 cm³/mol. The third kappa shape index (κ3) is 3.16. The summed E-state index contributed by atoms with van der Waals surface area (Å²) in [6.45, 7) is 3.35. The lowest BCUT2D eigenvalue weighted by Crippen LogP contribution is -2.40. The normalized spacial score (nSPS) is 22.4. The summed E-state index contributed by atoms with van der Waals surface area (Å²) in [5.74, 6) is 2.51. The maximum atomic E-state index is 5.31. The molecule has 0 bridgehead atoms. The molecule has 0 spiro atoms. The number of benzene rings is 1. The van der Waals surface area contributed by atoms with Gasteiger partial charge in [-0.15, -0.1) is 0 Å². The first-order chi connectivity index (χ1) is 8.72. The standard InChI is InChI=1S/C15H23NO2/c1-11-8-13(9-11)16-7-6-12-4-5-14(17-2)15(10-12)18-3/h4-5,10-11,13,16H,6-9H2,1-3H3. The van der Waals surface area contributed by atoms with E-state index in [2.05, 4.69) is 24.4 Å².